The molecule has 1 N–H and O–H groups in total. The molecule has 0 aliphatic heterocycles. The molecule has 0 bridgehead atoms. The Balaban J connectivity index is 1.53. The number of thiophene rings is 1. The highest BCUT2D eigenvalue weighted by molar-refractivity contribution is 7.11. The highest BCUT2D eigenvalue weighted by atomic mass is 32.1. The second-order valence-electron chi connectivity index (χ2n) is 7.00. The number of tetrazole rings is 1. The lowest BCUT2D eigenvalue weighted by molar-refractivity contribution is 0.881. The van der Waals surface area contributed by atoms with Crippen LogP contribution in [0, 0.1) is 6.92 Å². The number of aromatic amines is 1. The predicted octanol–water partition coefficient (Wildman–Crippen LogP) is 4.28. The van der Waals surface area contributed by atoms with Gasteiger partial charge in [0.2, 0.25) is 0 Å². The maximum atomic E-state index is 4.64. The van der Waals surface area contributed by atoms with Crippen LogP contribution in [0.15, 0.2) is 48.0 Å². The molecule has 0 saturated heterocycles. The maximum absolute atomic E-state index is 4.64. The number of benzene rings is 1. The van der Waals surface area contributed by atoms with Crippen LogP contribution in [0.1, 0.15) is 17.5 Å². The number of nitrogens with zero attached hydrogens (tertiary/aromatic N) is 7. The summed E-state index contributed by atoms with van der Waals surface area (Å²) in [5.41, 5.74) is 6.26. The largest absolute Gasteiger partial charge is 0.329 e. The van der Waals surface area contributed by atoms with Crippen molar-refractivity contribution < 1.29 is 0 Å². The van der Waals surface area contributed by atoms with Crippen molar-refractivity contribution in [1.82, 2.24) is 35.2 Å². The molecule has 30 heavy (non-hydrogen) atoms. The van der Waals surface area contributed by atoms with Gasteiger partial charge in [-0.15, -0.1) is 16.4 Å². The zero-order valence-electron chi connectivity index (χ0n) is 16.9. The number of hydrogen-bond donors (Lipinski definition) is 1. The zero-order valence-corrected chi connectivity index (χ0v) is 17.7. The summed E-state index contributed by atoms with van der Waals surface area (Å²) in [6, 6.07) is 12.5. The van der Waals surface area contributed by atoms with Crippen molar-refractivity contribution in [2.24, 2.45) is 0 Å². The zero-order chi connectivity index (χ0) is 20.7. The Kier molecular flexibility index (Phi) is 4.51. The fraction of sp³-hybridized carbons (Fsp3) is 0.190. The van der Waals surface area contributed by atoms with Gasteiger partial charge in [-0.1, -0.05) is 19.1 Å². The standard InChI is InChI=1S/C21H20N8S/c1-4-15-11-19(29-18(23-15)9-10-22-29)28(3)16-7-5-14(6-8-16)20-13(2)30-12-17(20)21-24-26-27-25-21/h5-12H,4H2,1-3H3,(H,24,25,26,27). The second-order valence-corrected chi connectivity index (χ2v) is 8.08. The van der Waals surface area contributed by atoms with E-state index in [1.54, 1.807) is 17.5 Å². The minimum absolute atomic E-state index is 0.681. The number of H-pyrrole nitrogens is 1. The van der Waals surface area contributed by atoms with Crippen molar-refractivity contribution in [3.8, 4) is 22.5 Å². The fourth-order valence-electron chi connectivity index (χ4n) is 3.61. The van der Waals surface area contributed by atoms with E-state index in [-0.39, 0.29) is 0 Å². The van der Waals surface area contributed by atoms with Crippen LogP contribution < -0.4 is 4.90 Å². The first-order valence-corrected chi connectivity index (χ1v) is 10.5. The van der Waals surface area contributed by atoms with E-state index >= 15 is 0 Å². The molecular formula is C21H20N8S. The molecule has 0 spiro atoms. The van der Waals surface area contributed by atoms with Crippen LogP contribution in [-0.4, -0.2) is 42.3 Å². The molecule has 4 heterocycles. The van der Waals surface area contributed by atoms with Gasteiger partial charge in [-0.05, 0) is 41.5 Å². The summed E-state index contributed by atoms with van der Waals surface area (Å²) in [7, 11) is 2.05. The van der Waals surface area contributed by atoms with E-state index in [1.165, 1.54) is 4.88 Å². The summed E-state index contributed by atoms with van der Waals surface area (Å²) >= 11 is 1.69. The molecule has 0 fully saturated rings. The molecule has 150 valence electrons. The topological polar surface area (TPSA) is 87.9 Å². The lowest BCUT2D eigenvalue weighted by Crippen LogP contribution is -2.15. The van der Waals surface area contributed by atoms with E-state index in [0.29, 0.717) is 5.82 Å². The molecule has 0 atom stereocenters. The van der Waals surface area contributed by atoms with Gasteiger partial charge in [-0.25, -0.2) is 10.1 Å². The van der Waals surface area contributed by atoms with Crippen LogP contribution in [0.4, 0.5) is 11.5 Å². The van der Waals surface area contributed by atoms with E-state index in [1.807, 2.05) is 17.6 Å². The SMILES string of the molecule is CCc1cc(N(C)c2ccc(-c3c(-c4nnn[nH]4)csc3C)cc2)n2nccc2n1. The van der Waals surface area contributed by atoms with Gasteiger partial charge in [0.25, 0.3) is 0 Å². The maximum Gasteiger partial charge on any atom is 0.180 e. The van der Waals surface area contributed by atoms with Crippen LogP contribution in [0.3, 0.4) is 0 Å². The van der Waals surface area contributed by atoms with E-state index in [0.717, 1.165) is 46.0 Å². The number of fused-ring (bicyclic) bond motifs is 1. The second kappa shape index (κ2) is 7.34. The normalized spacial score (nSPS) is 11.3. The van der Waals surface area contributed by atoms with Gasteiger partial charge < -0.3 is 4.90 Å². The van der Waals surface area contributed by atoms with Gasteiger partial charge in [-0.3, -0.25) is 0 Å². The molecule has 9 heteroatoms. The summed E-state index contributed by atoms with van der Waals surface area (Å²) < 4.78 is 1.87. The van der Waals surface area contributed by atoms with Gasteiger partial charge in [0.15, 0.2) is 11.5 Å². The summed E-state index contributed by atoms with van der Waals surface area (Å²) in [6.45, 7) is 4.23. The Bertz CT molecular complexity index is 1300. The van der Waals surface area contributed by atoms with Gasteiger partial charge in [-0.2, -0.15) is 9.61 Å². The van der Waals surface area contributed by atoms with Crippen LogP contribution in [0.25, 0.3) is 28.2 Å². The van der Waals surface area contributed by atoms with E-state index in [9.17, 15) is 0 Å². The Morgan fingerprint density at radius 2 is 2.00 bits per heavy atom. The number of aryl methyl sites for hydroxylation is 2. The highest BCUT2D eigenvalue weighted by Crippen LogP contribution is 2.38. The van der Waals surface area contributed by atoms with Crippen molar-refractivity contribution in [2.75, 3.05) is 11.9 Å². The molecule has 1 aromatic carbocycles. The molecule has 0 radical (unpaired) electrons. The number of hydrogen-bond acceptors (Lipinski definition) is 7. The van der Waals surface area contributed by atoms with Crippen molar-refractivity contribution in [3.05, 3.63) is 58.5 Å². The minimum Gasteiger partial charge on any atom is -0.329 e. The minimum atomic E-state index is 0.681. The number of anilines is 2. The van der Waals surface area contributed by atoms with Crippen molar-refractivity contribution in [3.63, 3.8) is 0 Å². The van der Waals surface area contributed by atoms with Crippen molar-refractivity contribution >= 4 is 28.5 Å². The molecule has 0 aliphatic carbocycles. The first-order chi connectivity index (χ1) is 14.7. The number of rotatable bonds is 5. The fourth-order valence-corrected chi connectivity index (χ4v) is 4.48. The third-order valence-corrected chi connectivity index (χ3v) is 6.13. The van der Waals surface area contributed by atoms with Gasteiger partial charge in [0.1, 0.15) is 5.82 Å². The average molecular weight is 417 g/mol. The summed E-state index contributed by atoms with van der Waals surface area (Å²) in [4.78, 5) is 7.99. The third-order valence-electron chi connectivity index (χ3n) is 5.22. The molecule has 0 aliphatic rings. The number of aromatic nitrogens is 7. The van der Waals surface area contributed by atoms with Crippen LogP contribution in [-0.2, 0) is 6.42 Å². The Morgan fingerprint density at radius 1 is 1.17 bits per heavy atom. The Morgan fingerprint density at radius 3 is 2.73 bits per heavy atom. The quantitative estimate of drug-likeness (QED) is 0.460. The summed E-state index contributed by atoms with van der Waals surface area (Å²) in [5.74, 6) is 1.66. The van der Waals surface area contributed by atoms with Gasteiger partial charge >= 0.3 is 0 Å². The van der Waals surface area contributed by atoms with Gasteiger partial charge in [0.05, 0.1) is 6.20 Å². The first kappa shape index (κ1) is 18.4. The lowest BCUT2D eigenvalue weighted by atomic mass is 10.0. The van der Waals surface area contributed by atoms with Crippen LogP contribution >= 0.6 is 11.3 Å². The van der Waals surface area contributed by atoms with E-state index < -0.39 is 0 Å². The first-order valence-electron chi connectivity index (χ1n) is 9.65. The third kappa shape index (κ3) is 3.03. The number of nitrogens with one attached hydrogen (secondary N) is 1. The molecular weight excluding hydrogens is 396 g/mol. The van der Waals surface area contributed by atoms with E-state index in [4.69, 9.17) is 0 Å². The highest BCUT2D eigenvalue weighted by Gasteiger charge is 2.16. The Labute approximate surface area is 177 Å². The van der Waals surface area contributed by atoms with Crippen LogP contribution in [0.2, 0.25) is 0 Å². The average Bonchev–Trinajstić information content (AvgIpc) is 3.53. The Hall–Kier alpha value is -3.59. The summed E-state index contributed by atoms with van der Waals surface area (Å²) in [6.07, 6.45) is 2.65. The van der Waals surface area contributed by atoms with E-state index in [2.05, 4.69) is 85.2 Å². The summed E-state index contributed by atoms with van der Waals surface area (Å²) in [5, 5.41) is 20.9. The lowest BCUT2D eigenvalue weighted by Gasteiger charge is -2.21. The monoisotopic (exact) mass is 416 g/mol. The van der Waals surface area contributed by atoms with Crippen molar-refractivity contribution in [2.45, 2.75) is 20.3 Å². The molecule has 4 aromatic heterocycles. The molecule has 5 aromatic rings. The predicted molar refractivity (Wildman–Crippen MR) is 118 cm³/mol. The van der Waals surface area contributed by atoms with Crippen LogP contribution in [0.5, 0.6) is 0 Å². The smallest absolute Gasteiger partial charge is 0.180 e. The molecule has 0 amide bonds. The van der Waals surface area contributed by atoms with Crippen molar-refractivity contribution in [1.29, 1.82) is 0 Å². The van der Waals surface area contributed by atoms with Gasteiger partial charge in [0, 0.05) is 51.9 Å². The molecule has 0 unspecified atom stereocenters. The molecule has 8 nitrogen and oxygen atoms in total. The molecule has 5 rings (SSSR count). The molecule has 0 saturated carbocycles.